The van der Waals surface area contributed by atoms with Crippen LogP contribution in [0.5, 0.6) is 0 Å². The molecule has 2 amide bonds. The van der Waals surface area contributed by atoms with Crippen molar-refractivity contribution in [1.29, 1.82) is 0 Å². The van der Waals surface area contributed by atoms with E-state index in [1.165, 1.54) is 0 Å². The SMILES string of the molecule is CCNC(=O)c1ccccc1NC(=S)NC(=O)CCC(=O)OCC. The molecule has 1 aromatic rings. The van der Waals surface area contributed by atoms with Crippen molar-refractivity contribution in [3.8, 4) is 0 Å². The van der Waals surface area contributed by atoms with Crippen LogP contribution in [0.25, 0.3) is 0 Å². The lowest BCUT2D eigenvalue weighted by Crippen LogP contribution is -2.35. The average Bonchev–Trinajstić information content (AvgIpc) is 2.54. The van der Waals surface area contributed by atoms with E-state index in [0.717, 1.165) is 0 Å². The second kappa shape index (κ2) is 10.3. The lowest BCUT2D eigenvalue weighted by molar-refractivity contribution is -0.144. The van der Waals surface area contributed by atoms with E-state index in [9.17, 15) is 14.4 Å². The van der Waals surface area contributed by atoms with Gasteiger partial charge in [0.2, 0.25) is 5.91 Å². The summed E-state index contributed by atoms with van der Waals surface area (Å²) in [4.78, 5) is 34.9. The maximum atomic E-state index is 12.0. The van der Waals surface area contributed by atoms with Crippen LogP contribution in [0.3, 0.4) is 0 Å². The van der Waals surface area contributed by atoms with E-state index in [0.29, 0.717) is 17.8 Å². The number of carbonyl (C=O) groups excluding carboxylic acids is 3. The number of benzene rings is 1. The van der Waals surface area contributed by atoms with Crippen LogP contribution in [-0.4, -0.2) is 36.0 Å². The lowest BCUT2D eigenvalue weighted by Gasteiger charge is -2.13. The maximum absolute atomic E-state index is 12.0. The first-order chi connectivity index (χ1) is 11.5. The summed E-state index contributed by atoms with van der Waals surface area (Å²) in [6.45, 7) is 4.30. The number of rotatable bonds is 7. The molecule has 3 N–H and O–H groups in total. The van der Waals surface area contributed by atoms with Gasteiger partial charge >= 0.3 is 5.97 Å². The Balaban J connectivity index is 2.58. The molecule has 0 spiro atoms. The predicted octanol–water partition coefficient (Wildman–Crippen LogP) is 1.59. The summed E-state index contributed by atoms with van der Waals surface area (Å²) in [5.74, 6) is -1.08. The van der Waals surface area contributed by atoms with Crippen LogP contribution in [0, 0.1) is 0 Å². The average molecular weight is 351 g/mol. The molecule has 8 heteroatoms. The Hall–Kier alpha value is -2.48. The molecule has 0 radical (unpaired) electrons. The lowest BCUT2D eigenvalue weighted by atomic mass is 10.1. The fourth-order valence-corrected chi connectivity index (χ4v) is 2.06. The van der Waals surface area contributed by atoms with Gasteiger partial charge in [-0.05, 0) is 38.2 Å². The zero-order valence-electron chi connectivity index (χ0n) is 13.7. The highest BCUT2D eigenvalue weighted by atomic mass is 32.1. The van der Waals surface area contributed by atoms with E-state index in [4.69, 9.17) is 17.0 Å². The molecule has 0 atom stereocenters. The minimum atomic E-state index is -0.437. The molecule has 130 valence electrons. The summed E-state index contributed by atoms with van der Waals surface area (Å²) in [6.07, 6.45) is -0.0452. The van der Waals surface area contributed by atoms with Crippen molar-refractivity contribution >= 4 is 40.8 Å². The minimum Gasteiger partial charge on any atom is -0.466 e. The highest BCUT2D eigenvalue weighted by molar-refractivity contribution is 7.80. The molecule has 0 aliphatic heterocycles. The Kier molecular flexibility index (Phi) is 8.42. The van der Waals surface area contributed by atoms with Gasteiger partial charge in [0.25, 0.3) is 5.91 Å². The summed E-state index contributed by atoms with van der Waals surface area (Å²) in [7, 11) is 0. The van der Waals surface area contributed by atoms with E-state index in [1.807, 2.05) is 6.92 Å². The van der Waals surface area contributed by atoms with E-state index in [-0.39, 0.29) is 30.5 Å². The topological polar surface area (TPSA) is 96.5 Å². The van der Waals surface area contributed by atoms with Gasteiger partial charge in [0.05, 0.1) is 24.3 Å². The van der Waals surface area contributed by atoms with E-state index in [1.54, 1.807) is 31.2 Å². The van der Waals surface area contributed by atoms with Crippen molar-refractivity contribution in [2.24, 2.45) is 0 Å². The first-order valence-electron chi connectivity index (χ1n) is 7.61. The molecular formula is C16H21N3O4S. The molecule has 0 unspecified atom stereocenters. The fraction of sp³-hybridized carbons (Fsp3) is 0.375. The number of nitrogens with one attached hydrogen (secondary N) is 3. The molecule has 0 aliphatic carbocycles. The van der Waals surface area contributed by atoms with E-state index < -0.39 is 11.9 Å². The van der Waals surface area contributed by atoms with Crippen molar-refractivity contribution < 1.29 is 19.1 Å². The predicted molar refractivity (Wildman–Crippen MR) is 94.7 cm³/mol. The molecule has 1 rings (SSSR count). The highest BCUT2D eigenvalue weighted by Gasteiger charge is 2.13. The zero-order valence-corrected chi connectivity index (χ0v) is 14.5. The van der Waals surface area contributed by atoms with Crippen LogP contribution in [0.4, 0.5) is 5.69 Å². The molecule has 0 fully saturated rings. The first-order valence-corrected chi connectivity index (χ1v) is 8.02. The number of anilines is 1. The van der Waals surface area contributed by atoms with Gasteiger partial charge in [0, 0.05) is 13.0 Å². The summed E-state index contributed by atoms with van der Waals surface area (Å²) in [5, 5.41) is 8.04. The van der Waals surface area contributed by atoms with Gasteiger partial charge in [-0.3, -0.25) is 14.4 Å². The second-order valence-electron chi connectivity index (χ2n) is 4.71. The molecule has 0 bridgehead atoms. The van der Waals surface area contributed by atoms with Crippen molar-refractivity contribution in [2.45, 2.75) is 26.7 Å². The maximum Gasteiger partial charge on any atom is 0.306 e. The van der Waals surface area contributed by atoms with Gasteiger partial charge in [-0.15, -0.1) is 0 Å². The molecule has 0 saturated heterocycles. The molecule has 0 aromatic heterocycles. The number of ether oxygens (including phenoxy) is 1. The standard InChI is InChI=1S/C16H21N3O4S/c1-3-17-15(22)11-7-5-6-8-12(11)18-16(24)19-13(20)9-10-14(21)23-4-2/h5-8H,3-4,9-10H2,1-2H3,(H,17,22)(H2,18,19,20,24). The molecule has 7 nitrogen and oxygen atoms in total. The van der Waals surface area contributed by atoms with Crippen molar-refractivity contribution in [2.75, 3.05) is 18.5 Å². The molecule has 1 aromatic carbocycles. The molecule has 0 saturated carbocycles. The molecule has 24 heavy (non-hydrogen) atoms. The van der Waals surface area contributed by atoms with Crippen LogP contribution in [0.15, 0.2) is 24.3 Å². The highest BCUT2D eigenvalue weighted by Crippen LogP contribution is 2.14. The minimum absolute atomic E-state index is 0.0161. The Labute approximate surface area is 146 Å². The Bertz CT molecular complexity index is 619. The largest absolute Gasteiger partial charge is 0.466 e. The van der Waals surface area contributed by atoms with Crippen LogP contribution >= 0.6 is 12.2 Å². The summed E-state index contributed by atoms with van der Waals surface area (Å²) < 4.78 is 4.75. The van der Waals surface area contributed by atoms with Gasteiger partial charge in [-0.2, -0.15) is 0 Å². The Morgan fingerprint density at radius 3 is 2.50 bits per heavy atom. The van der Waals surface area contributed by atoms with Gasteiger partial charge in [0.1, 0.15) is 0 Å². The van der Waals surface area contributed by atoms with Crippen LogP contribution in [0.1, 0.15) is 37.0 Å². The zero-order chi connectivity index (χ0) is 17.9. The summed E-state index contributed by atoms with van der Waals surface area (Å²) in [6, 6.07) is 6.81. The van der Waals surface area contributed by atoms with E-state index in [2.05, 4.69) is 16.0 Å². The quantitative estimate of drug-likeness (QED) is 0.510. The summed E-state index contributed by atoms with van der Waals surface area (Å²) >= 11 is 5.06. The Morgan fingerprint density at radius 1 is 1.12 bits per heavy atom. The fourth-order valence-electron chi connectivity index (χ4n) is 1.84. The number of carbonyl (C=O) groups is 3. The molecule has 0 heterocycles. The van der Waals surface area contributed by atoms with Crippen LogP contribution in [0.2, 0.25) is 0 Å². The number of hydrogen-bond acceptors (Lipinski definition) is 5. The van der Waals surface area contributed by atoms with Crippen molar-refractivity contribution in [1.82, 2.24) is 10.6 Å². The van der Waals surface area contributed by atoms with Crippen LogP contribution in [-0.2, 0) is 14.3 Å². The number of para-hydroxylation sites is 1. The van der Waals surface area contributed by atoms with Crippen molar-refractivity contribution in [3.05, 3.63) is 29.8 Å². The normalized spacial score (nSPS) is 9.75. The van der Waals surface area contributed by atoms with Crippen LogP contribution < -0.4 is 16.0 Å². The number of amides is 2. The second-order valence-corrected chi connectivity index (χ2v) is 5.12. The number of esters is 1. The van der Waals surface area contributed by atoms with E-state index >= 15 is 0 Å². The van der Waals surface area contributed by atoms with Gasteiger partial charge < -0.3 is 20.7 Å². The Morgan fingerprint density at radius 2 is 1.83 bits per heavy atom. The monoisotopic (exact) mass is 351 g/mol. The van der Waals surface area contributed by atoms with Gasteiger partial charge in [-0.1, -0.05) is 12.1 Å². The first kappa shape index (κ1) is 19.6. The number of hydrogen-bond donors (Lipinski definition) is 3. The van der Waals surface area contributed by atoms with Crippen molar-refractivity contribution in [3.63, 3.8) is 0 Å². The number of thiocarbonyl (C=S) groups is 1. The van der Waals surface area contributed by atoms with Gasteiger partial charge in [-0.25, -0.2) is 0 Å². The van der Waals surface area contributed by atoms with Gasteiger partial charge in [0.15, 0.2) is 5.11 Å². The molecular weight excluding hydrogens is 330 g/mol. The third kappa shape index (κ3) is 6.74. The summed E-state index contributed by atoms with van der Waals surface area (Å²) in [5.41, 5.74) is 0.904. The molecule has 0 aliphatic rings. The third-order valence-corrected chi connectivity index (χ3v) is 3.08. The third-order valence-electron chi connectivity index (χ3n) is 2.87. The smallest absolute Gasteiger partial charge is 0.306 e.